The number of nitrogens with one attached hydrogen (secondary N) is 1. The van der Waals surface area contributed by atoms with Crippen molar-refractivity contribution in [2.45, 2.75) is 50.3 Å². The summed E-state index contributed by atoms with van der Waals surface area (Å²) in [5.41, 5.74) is 1.86. The minimum Gasteiger partial charge on any atom is -0.491 e. The third-order valence-corrected chi connectivity index (χ3v) is 6.32. The van der Waals surface area contributed by atoms with Crippen LogP contribution in [0.5, 0.6) is 5.75 Å². The molecule has 2 aromatic rings. The summed E-state index contributed by atoms with van der Waals surface area (Å²) in [6, 6.07) is 15.2. The average Bonchev–Trinajstić information content (AvgIpc) is 2.69. The maximum absolute atomic E-state index is 13.0. The van der Waals surface area contributed by atoms with Crippen LogP contribution in [0, 0.1) is 0 Å². The molecule has 0 spiro atoms. The maximum atomic E-state index is 13.0. The first-order chi connectivity index (χ1) is 11.9. The zero-order chi connectivity index (χ0) is 18.0. The highest BCUT2D eigenvalue weighted by Crippen LogP contribution is 2.35. The van der Waals surface area contributed by atoms with Gasteiger partial charge in [0.15, 0.2) is 9.84 Å². The van der Waals surface area contributed by atoms with Gasteiger partial charge in [-0.3, -0.25) is 0 Å². The lowest BCUT2D eigenvalue weighted by Crippen LogP contribution is -2.35. The third kappa shape index (κ3) is 3.88. The van der Waals surface area contributed by atoms with Crippen LogP contribution in [0.25, 0.3) is 0 Å². The van der Waals surface area contributed by atoms with Crippen molar-refractivity contribution in [2.75, 3.05) is 5.75 Å². The Morgan fingerprint density at radius 2 is 1.88 bits per heavy atom. The molecular formula is C20H25NO3S. The summed E-state index contributed by atoms with van der Waals surface area (Å²) in [6.07, 6.45) is 0.754. The number of hydrogen-bond donors (Lipinski definition) is 1. The molecule has 0 aliphatic carbocycles. The van der Waals surface area contributed by atoms with Gasteiger partial charge in [-0.15, -0.1) is 0 Å². The van der Waals surface area contributed by atoms with E-state index >= 15 is 0 Å². The van der Waals surface area contributed by atoms with Crippen molar-refractivity contribution in [3.63, 3.8) is 0 Å². The van der Waals surface area contributed by atoms with Crippen LogP contribution < -0.4 is 10.1 Å². The largest absolute Gasteiger partial charge is 0.491 e. The molecule has 134 valence electrons. The summed E-state index contributed by atoms with van der Waals surface area (Å²) in [5, 5.41) is 3.53. The summed E-state index contributed by atoms with van der Waals surface area (Å²) in [7, 11) is -3.38. The standard InChI is InChI=1S/C20H25NO3S/c1-4-16-13-25(22,23)19-12-17(24-14(2)3)10-11-18(19)20(21-16)15-8-6-5-7-9-15/h5-12,14,16,20-21H,4,13H2,1-3H3. The lowest BCUT2D eigenvalue weighted by atomic mass is 9.97. The summed E-state index contributed by atoms with van der Waals surface area (Å²) >= 11 is 0. The molecule has 0 saturated carbocycles. The van der Waals surface area contributed by atoms with Crippen LogP contribution in [0.1, 0.15) is 44.4 Å². The van der Waals surface area contributed by atoms with E-state index in [1.54, 1.807) is 6.07 Å². The number of ether oxygens (including phenoxy) is 1. The van der Waals surface area contributed by atoms with Gasteiger partial charge in [0.25, 0.3) is 0 Å². The number of rotatable bonds is 4. The molecule has 1 aliphatic rings. The Bertz CT molecular complexity index is 831. The summed E-state index contributed by atoms with van der Waals surface area (Å²) < 4.78 is 31.7. The fourth-order valence-corrected chi connectivity index (χ4v) is 5.14. The van der Waals surface area contributed by atoms with Crippen LogP contribution in [-0.2, 0) is 9.84 Å². The second-order valence-corrected chi connectivity index (χ2v) is 8.77. The molecule has 1 aliphatic heterocycles. The Kier molecular flexibility index (Phi) is 5.16. The molecule has 1 N–H and O–H groups in total. The second-order valence-electron chi connectivity index (χ2n) is 6.76. The number of benzene rings is 2. The van der Waals surface area contributed by atoms with Gasteiger partial charge in [-0.2, -0.15) is 0 Å². The molecule has 4 nitrogen and oxygen atoms in total. The van der Waals surface area contributed by atoms with Crippen molar-refractivity contribution < 1.29 is 13.2 Å². The predicted molar refractivity (Wildman–Crippen MR) is 99.8 cm³/mol. The molecule has 2 atom stereocenters. The second kappa shape index (κ2) is 7.18. The van der Waals surface area contributed by atoms with Gasteiger partial charge >= 0.3 is 0 Å². The molecule has 0 bridgehead atoms. The van der Waals surface area contributed by atoms with Crippen molar-refractivity contribution in [1.82, 2.24) is 5.32 Å². The highest BCUT2D eigenvalue weighted by molar-refractivity contribution is 7.91. The molecule has 2 aromatic carbocycles. The van der Waals surface area contributed by atoms with E-state index < -0.39 is 9.84 Å². The van der Waals surface area contributed by atoms with Crippen LogP contribution in [0.15, 0.2) is 53.4 Å². The Morgan fingerprint density at radius 3 is 2.52 bits per heavy atom. The van der Waals surface area contributed by atoms with Crippen LogP contribution >= 0.6 is 0 Å². The third-order valence-electron chi connectivity index (χ3n) is 4.45. The lowest BCUT2D eigenvalue weighted by Gasteiger charge is -2.23. The quantitative estimate of drug-likeness (QED) is 0.904. The first kappa shape index (κ1) is 18.0. The molecule has 0 aromatic heterocycles. The fourth-order valence-electron chi connectivity index (χ4n) is 3.25. The SMILES string of the molecule is CCC1CS(=O)(=O)c2cc(OC(C)C)ccc2C(c2ccccc2)N1. The topological polar surface area (TPSA) is 55.4 Å². The van der Waals surface area contributed by atoms with Gasteiger partial charge < -0.3 is 10.1 Å². The van der Waals surface area contributed by atoms with Crippen LogP contribution in [0.4, 0.5) is 0 Å². The van der Waals surface area contributed by atoms with E-state index in [1.165, 1.54) is 0 Å². The highest BCUT2D eigenvalue weighted by Gasteiger charge is 2.33. The molecule has 25 heavy (non-hydrogen) atoms. The lowest BCUT2D eigenvalue weighted by molar-refractivity contribution is 0.241. The van der Waals surface area contributed by atoms with E-state index in [0.29, 0.717) is 10.6 Å². The Hall–Kier alpha value is -1.85. The van der Waals surface area contributed by atoms with Gasteiger partial charge in [-0.1, -0.05) is 43.3 Å². The van der Waals surface area contributed by atoms with Gasteiger partial charge in [0.1, 0.15) is 5.75 Å². The summed E-state index contributed by atoms with van der Waals surface area (Å²) in [4.78, 5) is 0.378. The van der Waals surface area contributed by atoms with Gasteiger partial charge in [-0.25, -0.2) is 8.42 Å². The minimum absolute atomic E-state index is 0.00188. The predicted octanol–water partition coefficient (Wildman–Crippen LogP) is 3.72. The van der Waals surface area contributed by atoms with E-state index in [4.69, 9.17) is 4.74 Å². The van der Waals surface area contributed by atoms with Crippen molar-refractivity contribution >= 4 is 9.84 Å². The Morgan fingerprint density at radius 1 is 1.16 bits per heavy atom. The molecule has 0 fully saturated rings. The zero-order valence-electron chi connectivity index (χ0n) is 14.9. The number of fused-ring (bicyclic) bond motifs is 1. The van der Waals surface area contributed by atoms with Gasteiger partial charge in [-0.05, 0) is 43.5 Å². The first-order valence-electron chi connectivity index (χ1n) is 8.75. The Labute approximate surface area is 150 Å². The molecular weight excluding hydrogens is 334 g/mol. The van der Waals surface area contributed by atoms with Gasteiger partial charge in [0, 0.05) is 6.04 Å². The molecule has 0 amide bonds. The maximum Gasteiger partial charge on any atom is 0.180 e. The van der Waals surface area contributed by atoms with Crippen molar-refractivity contribution in [2.24, 2.45) is 0 Å². The van der Waals surface area contributed by atoms with Crippen molar-refractivity contribution in [1.29, 1.82) is 0 Å². The molecule has 2 unspecified atom stereocenters. The van der Waals surface area contributed by atoms with Gasteiger partial charge in [0.2, 0.25) is 0 Å². The van der Waals surface area contributed by atoms with Gasteiger partial charge in [0.05, 0.1) is 22.8 Å². The summed E-state index contributed by atoms with van der Waals surface area (Å²) in [5.74, 6) is 0.699. The molecule has 1 heterocycles. The smallest absolute Gasteiger partial charge is 0.180 e. The average molecular weight is 359 g/mol. The number of hydrogen-bond acceptors (Lipinski definition) is 4. The first-order valence-corrected chi connectivity index (χ1v) is 10.4. The van der Waals surface area contributed by atoms with Crippen LogP contribution in [-0.4, -0.2) is 26.3 Å². The minimum atomic E-state index is -3.38. The van der Waals surface area contributed by atoms with E-state index in [1.807, 2.05) is 63.2 Å². The van der Waals surface area contributed by atoms with Crippen LogP contribution in [0.3, 0.4) is 0 Å². The number of sulfone groups is 1. The Balaban J connectivity index is 2.15. The molecule has 0 saturated heterocycles. The van der Waals surface area contributed by atoms with E-state index in [0.717, 1.165) is 17.5 Å². The van der Waals surface area contributed by atoms with E-state index in [-0.39, 0.29) is 23.9 Å². The highest BCUT2D eigenvalue weighted by atomic mass is 32.2. The van der Waals surface area contributed by atoms with E-state index in [9.17, 15) is 8.42 Å². The molecule has 5 heteroatoms. The van der Waals surface area contributed by atoms with Crippen molar-refractivity contribution in [3.05, 3.63) is 59.7 Å². The zero-order valence-corrected chi connectivity index (χ0v) is 15.7. The fraction of sp³-hybridized carbons (Fsp3) is 0.400. The molecule has 0 radical (unpaired) electrons. The van der Waals surface area contributed by atoms with E-state index in [2.05, 4.69) is 5.32 Å². The van der Waals surface area contributed by atoms with Crippen LogP contribution in [0.2, 0.25) is 0 Å². The summed E-state index contributed by atoms with van der Waals surface area (Å²) in [6.45, 7) is 5.88. The molecule has 3 rings (SSSR count). The monoisotopic (exact) mass is 359 g/mol. The normalized spacial score (nSPS) is 22.2. The van der Waals surface area contributed by atoms with Crippen molar-refractivity contribution in [3.8, 4) is 5.75 Å².